The van der Waals surface area contributed by atoms with Crippen LogP contribution in [0.1, 0.15) is 23.2 Å². The lowest BCUT2D eigenvalue weighted by Gasteiger charge is -2.19. The summed E-state index contributed by atoms with van der Waals surface area (Å²) in [5.74, 6) is -0.725. The Morgan fingerprint density at radius 3 is 2.61 bits per heavy atom. The predicted octanol–water partition coefficient (Wildman–Crippen LogP) is -0.105. The fourth-order valence-electron chi connectivity index (χ4n) is 2.87. The van der Waals surface area contributed by atoms with E-state index < -0.39 is 0 Å². The van der Waals surface area contributed by atoms with Gasteiger partial charge in [0.15, 0.2) is 0 Å². The van der Waals surface area contributed by atoms with E-state index >= 15 is 0 Å². The average molecular weight is 245 g/mol. The van der Waals surface area contributed by atoms with Gasteiger partial charge in [-0.3, -0.25) is 14.5 Å². The highest BCUT2D eigenvalue weighted by molar-refractivity contribution is 6.52. The number of anilines is 1. The zero-order valence-corrected chi connectivity index (χ0v) is 10.3. The molecule has 0 atom stereocenters. The van der Waals surface area contributed by atoms with E-state index in [0.717, 1.165) is 12.2 Å². The quantitative estimate of drug-likeness (QED) is 0.755. The van der Waals surface area contributed by atoms with Crippen molar-refractivity contribution in [3.05, 3.63) is 29.8 Å². The van der Waals surface area contributed by atoms with Gasteiger partial charge < -0.3 is 4.90 Å². The second kappa shape index (κ2) is 4.53. The Morgan fingerprint density at radius 1 is 1.11 bits per heavy atom. The van der Waals surface area contributed by atoms with Crippen molar-refractivity contribution < 1.29 is 14.5 Å². The molecule has 1 fully saturated rings. The molecule has 2 aliphatic rings. The number of quaternary nitrogens is 1. The van der Waals surface area contributed by atoms with Crippen LogP contribution in [-0.2, 0) is 4.79 Å². The van der Waals surface area contributed by atoms with Gasteiger partial charge in [-0.1, -0.05) is 12.1 Å². The van der Waals surface area contributed by atoms with Crippen molar-refractivity contribution in [2.24, 2.45) is 0 Å². The lowest BCUT2D eigenvalue weighted by Crippen LogP contribution is -3.10. The summed E-state index contributed by atoms with van der Waals surface area (Å²) in [5.41, 5.74) is 1.34. The lowest BCUT2D eigenvalue weighted by atomic mass is 10.1. The van der Waals surface area contributed by atoms with Crippen molar-refractivity contribution in [1.29, 1.82) is 0 Å². The standard InChI is InChI=1S/C14H16N2O2/c17-13-11-5-1-2-6-12(11)16(14(13)18)10-9-15-7-3-4-8-15/h1-2,5-6H,3-4,7-10H2/p+1. The van der Waals surface area contributed by atoms with Gasteiger partial charge in [0.2, 0.25) is 0 Å². The first-order valence-corrected chi connectivity index (χ1v) is 6.56. The van der Waals surface area contributed by atoms with Crippen molar-refractivity contribution >= 4 is 17.4 Å². The highest BCUT2D eigenvalue weighted by atomic mass is 16.2. The molecule has 18 heavy (non-hydrogen) atoms. The topological polar surface area (TPSA) is 41.8 Å². The number of nitrogens with one attached hydrogen (secondary N) is 1. The second-order valence-corrected chi connectivity index (χ2v) is 5.01. The molecular weight excluding hydrogens is 228 g/mol. The Morgan fingerprint density at radius 2 is 1.83 bits per heavy atom. The molecule has 0 bridgehead atoms. The normalized spacial score (nSPS) is 19.7. The van der Waals surface area contributed by atoms with Crippen LogP contribution in [0.4, 0.5) is 5.69 Å². The van der Waals surface area contributed by atoms with Crippen molar-refractivity contribution in [1.82, 2.24) is 0 Å². The SMILES string of the molecule is O=C1C(=O)N(CC[NH+]2CCCC2)c2ccccc21. The van der Waals surface area contributed by atoms with Crippen LogP contribution in [0.25, 0.3) is 0 Å². The molecule has 0 aromatic heterocycles. The van der Waals surface area contributed by atoms with Crippen molar-refractivity contribution in [2.45, 2.75) is 12.8 Å². The molecule has 0 aliphatic carbocycles. The summed E-state index contributed by atoms with van der Waals surface area (Å²) in [6, 6.07) is 7.27. The second-order valence-electron chi connectivity index (χ2n) is 5.01. The number of Topliss-reactive ketones (excluding diaryl/α,β-unsaturated/α-hetero) is 1. The first kappa shape index (κ1) is 11.4. The molecule has 1 aromatic rings. The van der Waals surface area contributed by atoms with E-state index in [1.807, 2.05) is 12.1 Å². The monoisotopic (exact) mass is 245 g/mol. The van der Waals surface area contributed by atoms with Gasteiger partial charge >= 0.3 is 0 Å². The molecule has 0 radical (unpaired) electrons. The Labute approximate surface area is 106 Å². The number of amides is 1. The highest BCUT2D eigenvalue weighted by Gasteiger charge is 2.35. The average Bonchev–Trinajstić information content (AvgIpc) is 2.98. The van der Waals surface area contributed by atoms with E-state index in [1.54, 1.807) is 21.9 Å². The number of hydrogen-bond donors (Lipinski definition) is 1. The number of carbonyl (C=O) groups excluding carboxylic acids is 2. The summed E-state index contributed by atoms with van der Waals surface area (Å²) in [4.78, 5) is 26.9. The molecule has 2 heterocycles. The number of likely N-dealkylation sites (tertiary alicyclic amines) is 1. The van der Waals surface area contributed by atoms with E-state index in [4.69, 9.17) is 0 Å². The first-order valence-electron chi connectivity index (χ1n) is 6.56. The van der Waals surface area contributed by atoms with Gasteiger partial charge in [0.25, 0.3) is 11.7 Å². The summed E-state index contributed by atoms with van der Waals surface area (Å²) in [7, 11) is 0. The zero-order valence-electron chi connectivity index (χ0n) is 10.3. The number of fused-ring (bicyclic) bond motifs is 1. The van der Waals surface area contributed by atoms with Gasteiger partial charge in [-0.05, 0) is 12.1 Å². The third-order valence-electron chi connectivity index (χ3n) is 3.88. The Balaban J connectivity index is 1.75. The molecule has 1 N–H and O–H groups in total. The van der Waals surface area contributed by atoms with Gasteiger partial charge in [0.05, 0.1) is 37.4 Å². The molecule has 94 valence electrons. The number of hydrogen-bond acceptors (Lipinski definition) is 2. The smallest absolute Gasteiger partial charge is 0.299 e. The van der Waals surface area contributed by atoms with E-state index in [-0.39, 0.29) is 11.7 Å². The van der Waals surface area contributed by atoms with Crippen LogP contribution >= 0.6 is 0 Å². The molecule has 3 rings (SSSR count). The molecule has 4 nitrogen and oxygen atoms in total. The van der Waals surface area contributed by atoms with E-state index in [1.165, 1.54) is 25.9 Å². The number of para-hydroxylation sites is 1. The van der Waals surface area contributed by atoms with Gasteiger partial charge in [0.1, 0.15) is 0 Å². The van der Waals surface area contributed by atoms with E-state index in [2.05, 4.69) is 0 Å². The maximum absolute atomic E-state index is 11.9. The Hall–Kier alpha value is -1.68. The van der Waals surface area contributed by atoms with Crippen LogP contribution in [0, 0.1) is 0 Å². The van der Waals surface area contributed by atoms with Crippen LogP contribution in [0.15, 0.2) is 24.3 Å². The third kappa shape index (κ3) is 1.82. The number of ketones is 1. The minimum absolute atomic E-state index is 0.359. The van der Waals surface area contributed by atoms with E-state index in [9.17, 15) is 9.59 Å². The molecule has 1 aromatic carbocycles. The molecular formula is C14H17N2O2+. The first-order chi connectivity index (χ1) is 8.77. The predicted molar refractivity (Wildman–Crippen MR) is 67.9 cm³/mol. The highest BCUT2D eigenvalue weighted by Crippen LogP contribution is 2.27. The van der Waals surface area contributed by atoms with Gasteiger partial charge in [-0.25, -0.2) is 0 Å². The molecule has 2 aliphatic heterocycles. The summed E-state index contributed by atoms with van der Waals surface area (Å²) in [6.07, 6.45) is 2.55. The number of nitrogens with zero attached hydrogens (tertiary/aromatic N) is 1. The maximum Gasteiger partial charge on any atom is 0.299 e. The van der Waals surface area contributed by atoms with Crippen LogP contribution in [0.3, 0.4) is 0 Å². The number of benzene rings is 1. The molecule has 1 amide bonds. The summed E-state index contributed by atoms with van der Waals surface area (Å²) < 4.78 is 0. The van der Waals surface area contributed by atoms with Crippen LogP contribution in [-0.4, -0.2) is 37.9 Å². The largest absolute Gasteiger partial charge is 0.333 e. The zero-order chi connectivity index (χ0) is 12.5. The third-order valence-corrected chi connectivity index (χ3v) is 3.88. The molecule has 0 saturated carbocycles. The molecule has 4 heteroatoms. The fraction of sp³-hybridized carbons (Fsp3) is 0.429. The Kier molecular flexibility index (Phi) is 2.88. The van der Waals surface area contributed by atoms with Crippen LogP contribution < -0.4 is 9.80 Å². The van der Waals surface area contributed by atoms with E-state index in [0.29, 0.717) is 12.1 Å². The summed E-state index contributed by atoms with van der Waals surface area (Å²) in [5, 5.41) is 0. The van der Waals surface area contributed by atoms with Crippen LogP contribution in [0.2, 0.25) is 0 Å². The van der Waals surface area contributed by atoms with Gasteiger partial charge in [-0.15, -0.1) is 0 Å². The summed E-state index contributed by atoms with van der Waals surface area (Å²) >= 11 is 0. The maximum atomic E-state index is 11.9. The number of rotatable bonds is 3. The van der Waals surface area contributed by atoms with Crippen molar-refractivity contribution in [2.75, 3.05) is 31.1 Å². The Bertz CT molecular complexity index is 492. The fourth-order valence-corrected chi connectivity index (χ4v) is 2.87. The van der Waals surface area contributed by atoms with Gasteiger partial charge in [-0.2, -0.15) is 0 Å². The van der Waals surface area contributed by atoms with Crippen molar-refractivity contribution in [3.63, 3.8) is 0 Å². The minimum Gasteiger partial charge on any atom is -0.333 e. The van der Waals surface area contributed by atoms with Crippen LogP contribution in [0.5, 0.6) is 0 Å². The summed E-state index contributed by atoms with van der Waals surface area (Å²) in [6.45, 7) is 3.97. The minimum atomic E-state index is -0.366. The molecule has 0 unspecified atom stereocenters. The molecule has 1 saturated heterocycles. The molecule has 0 spiro atoms. The number of carbonyl (C=O) groups is 2. The van der Waals surface area contributed by atoms with Gasteiger partial charge in [0, 0.05) is 12.8 Å². The lowest BCUT2D eigenvalue weighted by molar-refractivity contribution is -0.885. The van der Waals surface area contributed by atoms with Crippen molar-refractivity contribution in [3.8, 4) is 0 Å².